The minimum Gasteiger partial charge on any atom is -0.449 e. The maximum Gasteiger partial charge on any atom is 0.414 e. The SMILES string of the molecule is CCOc1nnc(-c2cc(N)cc(Br)c2)o1. The van der Waals surface area contributed by atoms with E-state index in [0.717, 1.165) is 10.0 Å². The molecule has 2 N–H and O–H groups in total. The smallest absolute Gasteiger partial charge is 0.414 e. The fraction of sp³-hybridized carbons (Fsp3) is 0.200. The predicted octanol–water partition coefficient (Wildman–Crippen LogP) is 2.48. The third kappa shape index (κ3) is 2.33. The van der Waals surface area contributed by atoms with E-state index < -0.39 is 0 Å². The molecule has 0 fully saturated rings. The predicted molar refractivity (Wildman–Crippen MR) is 63.0 cm³/mol. The molecule has 0 aliphatic rings. The summed E-state index contributed by atoms with van der Waals surface area (Å²) in [5.41, 5.74) is 7.09. The molecule has 16 heavy (non-hydrogen) atoms. The van der Waals surface area contributed by atoms with Crippen LogP contribution in [0.4, 0.5) is 5.69 Å². The Morgan fingerprint density at radius 3 is 2.88 bits per heavy atom. The van der Waals surface area contributed by atoms with E-state index in [-0.39, 0.29) is 6.08 Å². The molecule has 1 aromatic heterocycles. The lowest BCUT2D eigenvalue weighted by Crippen LogP contribution is -1.90. The zero-order valence-electron chi connectivity index (χ0n) is 8.61. The molecule has 1 heterocycles. The van der Waals surface area contributed by atoms with Crippen LogP contribution in [-0.2, 0) is 0 Å². The molecule has 5 nitrogen and oxygen atoms in total. The third-order valence-electron chi connectivity index (χ3n) is 1.84. The van der Waals surface area contributed by atoms with Crippen LogP contribution in [0.15, 0.2) is 27.1 Å². The van der Waals surface area contributed by atoms with Crippen LogP contribution in [-0.4, -0.2) is 16.8 Å². The first kappa shape index (κ1) is 10.9. The van der Waals surface area contributed by atoms with E-state index in [0.29, 0.717) is 18.2 Å². The molecule has 0 aliphatic heterocycles. The number of hydrogen-bond acceptors (Lipinski definition) is 5. The Labute approximate surface area is 101 Å². The summed E-state index contributed by atoms with van der Waals surface area (Å²) in [6.45, 7) is 2.34. The van der Waals surface area contributed by atoms with E-state index in [4.69, 9.17) is 14.9 Å². The highest BCUT2D eigenvalue weighted by molar-refractivity contribution is 9.10. The molecular formula is C10H10BrN3O2. The molecule has 0 unspecified atom stereocenters. The van der Waals surface area contributed by atoms with Gasteiger partial charge in [0.15, 0.2) is 0 Å². The van der Waals surface area contributed by atoms with Crippen LogP contribution in [0.25, 0.3) is 11.5 Å². The summed E-state index contributed by atoms with van der Waals surface area (Å²) < 4.78 is 11.2. The summed E-state index contributed by atoms with van der Waals surface area (Å²) in [5.74, 6) is 0.386. The Kier molecular flexibility index (Phi) is 3.09. The van der Waals surface area contributed by atoms with Crippen molar-refractivity contribution in [3.63, 3.8) is 0 Å². The molecule has 84 valence electrons. The van der Waals surface area contributed by atoms with E-state index in [1.54, 1.807) is 12.1 Å². The summed E-state index contributed by atoms with van der Waals surface area (Å²) in [4.78, 5) is 0. The van der Waals surface area contributed by atoms with Crippen molar-refractivity contribution >= 4 is 21.6 Å². The Morgan fingerprint density at radius 1 is 1.38 bits per heavy atom. The molecular weight excluding hydrogens is 274 g/mol. The fourth-order valence-electron chi connectivity index (χ4n) is 1.24. The molecule has 0 saturated heterocycles. The van der Waals surface area contributed by atoms with Gasteiger partial charge in [0.25, 0.3) is 5.89 Å². The second kappa shape index (κ2) is 4.52. The molecule has 0 radical (unpaired) electrons. The molecule has 0 spiro atoms. The van der Waals surface area contributed by atoms with Gasteiger partial charge in [-0.25, -0.2) is 0 Å². The van der Waals surface area contributed by atoms with Crippen LogP contribution in [0.2, 0.25) is 0 Å². The Morgan fingerprint density at radius 2 is 2.19 bits per heavy atom. The van der Waals surface area contributed by atoms with Crippen LogP contribution in [0, 0.1) is 0 Å². The van der Waals surface area contributed by atoms with Crippen LogP contribution in [0.5, 0.6) is 6.08 Å². The Hall–Kier alpha value is -1.56. The molecule has 0 atom stereocenters. The van der Waals surface area contributed by atoms with Gasteiger partial charge in [-0.3, -0.25) is 0 Å². The molecule has 1 aromatic carbocycles. The number of nitrogens with zero attached hydrogens (tertiary/aromatic N) is 2. The van der Waals surface area contributed by atoms with Crippen molar-refractivity contribution in [3.05, 3.63) is 22.7 Å². The molecule has 0 aliphatic carbocycles. The highest BCUT2D eigenvalue weighted by Crippen LogP contribution is 2.26. The molecule has 0 bridgehead atoms. The molecule has 0 saturated carbocycles. The first-order valence-corrected chi connectivity index (χ1v) is 5.51. The number of benzene rings is 1. The van der Waals surface area contributed by atoms with Crippen molar-refractivity contribution < 1.29 is 9.15 Å². The summed E-state index contributed by atoms with van der Waals surface area (Å²) in [6.07, 6.45) is 0.163. The monoisotopic (exact) mass is 283 g/mol. The second-order valence-electron chi connectivity index (χ2n) is 3.08. The van der Waals surface area contributed by atoms with Crippen molar-refractivity contribution in [2.24, 2.45) is 0 Å². The highest BCUT2D eigenvalue weighted by Gasteiger charge is 2.10. The van der Waals surface area contributed by atoms with E-state index in [1.807, 2.05) is 13.0 Å². The highest BCUT2D eigenvalue weighted by atomic mass is 79.9. The van der Waals surface area contributed by atoms with Crippen molar-refractivity contribution in [3.8, 4) is 17.5 Å². The van der Waals surface area contributed by atoms with Crippen LogP contribution >= 0.6 is 15.9 Å². The maximum atomic E-state index is 5.71. The average Bonchev–Trinajstić information content (AvgIpc) is 2.65. The normalized spacial score (nSPS) is 10.4. The standard InChI is InChI=1S/C10H10BrN3O2/c1-2-15-10-14-13-9(16-10)6-3-7(11)5-8(12)4-6/h3-5H,2,12H2,1H3. The van der Waals surface area contributed by atoms with Gasteiger partial charge >= 0.3 is 6.08 Å². The van der Waals surface area contributed by atoms with Crippen LogP contribution in [0.3, 0.4) is 0 Å². The van der Waals surface area contributed by atoms with E-state index in [2.05, 4.69) is 26.1 Å². The van der Waals surface area contributed by atoms with E-state index >= 15 is 0 Å². The van der Waals surface area contributed by atoms with Gasteiger partial charge in [0.1, 0.15) is 0 Å². The van der Waals surface area contributed by atoms with Gasteiger partial charge in [-0.05, 0) is 25.1 Å². The number of anilines is 1. The van der Waals surface area contributed by atoms with Crippen LogP contribution in [0.1, 0.15) is 6.92 Å². The summed E-state index contributed by atoms with van der Waals surface area (Å²) >= 11 is 3.35. The molecule has 2 rings (SSSR count). The second-order valence-corrected chi connectivity index (χ2v) is 4.00. The quantitative estimate of drug-likeness (QED) is 0.876. The number of rotatable bonds is 3. The van der Waals surface area contributed by atoms with Crippen LogP contribution < -0.4 is 10.5 Å². The number of ether oxygens (including phenoxy) is 1. The van der Waals surface area contributed by atoms with Crippen molar-refractivity contribution in [1.82, 2.24) is 10.2 Å². The van der Waals surface area contributed by atoms with Gasteiger partial charge in [-0.1, -0.05) is 21.0 Å². The van der Waals surface area contributed by atoms with Crippen molar-refractivity contribution in [2.45, 2.75) is 6.92 Å². The number of nitrogens with two attached hydrogens (primary N) is 1. The van der Waals surface area contributed by atoms with Gasteiger partial charge in [-0.15, -0.1) is 5.10 Å². The minimum absolute atomic E-state index is 0.163. The topological polar surface area (TPSA) is 74.2 Å². The van der Waals surface area contributed by atoms with E-state index in [9.17, 15) is 0 Å². The van der Waals surface area contributed by atoms with Gasteiger partial charge in [0.05, 0.1) is 6.61 Å². The van der Waals surface area contributed by atoms with Gasteiger partial charge < -0.3 is 14.9 Å². The van der Waals surface area contributed by atoms with E-state index in [1.165, 1.54) is 0 Å². The summed E-state index contributed by atoms with van der Waals surface area (Å²) in [6, 6.07) is 5.40. The zero-order chi connectivity index (χ0) is 11.5. The zero-order valence-corrected chi connectivity index (χ0v) is 10.2. The van der Waals surface area contributed by atoms with Gasteiger partial charge in [0.2, 0.25) is 0 Å². The van der Waals surface area contributed by atoms with Gasteiger partial charge in [0, 0.05) is 15.7 Å². The van der Waals surface area contributed by atoms with Crippen molar-refractivity contribution in [1.29, 1.82) is 0 Å². The third-order valence-corrected chi connectivity index (χ3v) is 2.30. The first-order chi connectivity index (χ1) is 7.69. The lowest BCUT2D eigenvalue weighted by atomic mass is 10.2. The average molecular weight is 284 g/mol. The lowest BCUT2D eigenvalue weighted by Gasteiger charge is -1.99. The number of hydrogen-bond donors (Lipinski definition) is 1. The Balaban J connectivity index is 2.34. The Bertz CT molecular complexity index is 478. The minimum atomic E-state index is 0.163. The molecule has 2 aromatic rings. The summed E-state index contributed by atoms with van der Waals surface area (Å²) in [7, 11) is 0. The molecule has 0 amide bonds. The number of halogens is 1. The maximum absolute atomic E-state index is 5.71. The largest absolute Gasteiger partial charge is 0.449 e. The number of aromatic nitrogens is 2. The van der Waals surface area contributed by atoms with Crippen molar-refractivity contribution in [2.75, 3.05) is 12.3 Å². The first-order valence-electron chi connectivity index (χ1n) is 4.72. The fourth-order valence-corrected chi connectivity index (χ4v) is 1.75. The van der Waals surface area contributed by atoms with Gasteiger partial charge in [-0.2, -0.15) is 0 Å². The molecule has 6 heteroatoms. The summed E-state index contributed by atoms with van der Waals surface area (Å²) in [5, 5.41) is 7.62. The lowest BCUT2D eigenvalue weighted by molar-refractivity contribution is 0.247. The number of nitrogen functional groups attached to an aromatic ring is 1.